The molecule has 144 valence electrons. The van der Waals surface area contributed by atoms with Crippen molar-refractivity contribution in [2.24, 2.45) is 0 Å². The van der Waals surface area contributed by atoms with E-state index in [1.165, 1.54) is 35.4 Å². The number of aromatic hydroxyl groups is 1. The highest BCUT2D eigenvalue weighted by atomic mass is 19.1. The number of amides is 1. The van der Waals surface area contributed by atoms with Gasteiger partial charge in [-0.2, -0.15) is 0 Å². The maximum absolute atomic E-state index is 13.7. The molecule has 1 aliphatic heterocycles. The number of hydrogen-bond donors (Lipinski definition) is 1. The molecule has 2 aromatic carbocycles. The van der Waals surface area contributed by atoms with Crippen LogP contribution in [0.3, 0.4) is 0 Å². The van der Waals surface area contributed by atoms with Crippen LogP contribution < -0.4 is 5.43 Å². The molecule has 7 heteroatoms. The van der Waals surface area contributed by atoms with E-state index in [9.17, 15) is 19.1 Å². The van der Waals surface area contributed by atoms with Crippen LogP contribution >= 0.6 is 0 Å². The molecule has 0 spiro atoms. The van der Waals surface area contributed by atoms with Gasteiger partial charge < -0.3 is 18.8 Å². The summed E-state index contributed by atoms with van der Waals surface area (Å²) < 4.78 is 24.8. The summed E-state index contributed by atoms with van der Waals surface area (Å²) in [5.41, 5.74) is 0.305. The lowest BCUT2D eigenvalue weighted by molar-refractivity contribution is 0.0701. The summed E-state index contributed by atoms with van der Waals surface area (Å²) in [6, 6.07) is 12.5. The standard InChI is InChI=1S/C22H14FNO5/c23-13-6-7-17-16(10-13)20(26)18-19(12-3-1-4-14(25)9-12)24(22(27)21(18)29-17)11-15-5-2-8-28-15/h1-10,19,25H,11H2. The van der Waals surface area contributed by atoms with Crippen molar-refractivity contribution in [2.75, 3.05) is 0 Å². The molecule has 4 aromatic rings. The van der Waals surface area contributed by atoms with Crippen molar-refractivity contribution >= 4 is 16.9 Å². The molecule has 3 heterocycles. The Bertz CT molecular complexity index is 1310. The zero-order chi connectivity index (χ0) is 20.1. The average Bonchev–Trinajstić information content (AvgIpc) is 3.31. The van der Waals surface area contributed by atoms with Gasteiger partial charge in [0.15, 0.2) is 5.43 Å². The normalized spacial score (nSPS) is 15.8. The predicted molar refractivity (Wildman–Crippen MR) is 101 cm³/mol. The van der Waals surface area contributed by atoms with Crippen LogP contribution in [0.1, 0.15) is 33.5 Å². The van der Waals surface area contributed by atoms with E-state index in [0.717, 1.165) is 6.07 Å². The maximum atomic E-state index is 13.7. The van der Waals surface area contributed by atoms with Gasteiger partial charge in [-0.05, 0) is 48.0 Å². The van der Waals surface area contributed by atoms with Crippen LogP contribution in [0.2, 0.25) is 0 Å². The zero-order valence-corrected chi connectivity index (χ0v) is 15.0. The molecule has 29 heavy (non-hydrogen) atoms. The molecule has 2 aromatic heterocycles. The summed E-state index contributed by atoms with van der Waals surface area (Å²) in [5, 5.41) is 9.99. The number of rotatable bonds is 3. The third-order valence-corrected chi connectivity index (χ3v) is 5.02. The summed E-state index contributed by atoms with van der Waals surface area (Å²) in [7, 11) is 0. The molecule has 0 bridgehead atoms. The molecule has 0 fully saturated rings. The first-order chi connectivity index (χ1) is 14.0. The molecule has 1 unspecified atom stereocenters. The topological polar surface area (TPSA) is 83.9 Å². The number of hydrogen-bond acceptors (Lipinski definition) is 5. The van der Waals surface area contributed by atoms with Crippen LogP contribution in [-0.4, -0.2) is 15.9 Å². The van der Waals surface area contributed by atoms with Gasteiger partial charge in [0.1, 0.15) is 22.9 Å². The molecule has 6 nitrogen and oxygen atoms in total. The number of fused-ring (bicyclic) bond motifs is 2. The number of carbonyl (C=O) groups is 1. The van der Waals surface area contributed by atoms with E-state index < -0.39 is 23.2 Å². The fraction of sp³-hybridized carbons (Fsp3) is 0.0909. The van der Waals surface area contributed by atoms with E-state index in [0.29, 0.717) is 11.3 Å². The van der Waals surface area contributed by atoms with Gasteiger partial charge in [0.2, 0.25) is 5.76 Å². The zero-order valence-electron chi connectivity index (χ0n) is 15.0. The van der Waals surface area contributed by atoms with Crippen molar-refractivity contribution in [3.63, 3.8) is 0 Å². The molecule has 0 radical (unpaired) electrons. The molecule has 0 aliphatic carbocycles. The maximum Gasteiger partial charge on any atom is 0.291 e. The smallest absolute Gasteiger partial charge is 0.291 e. The molecule has 1 amide bonds. The molecule has 0 saturated carbocycles. The van der Waals surface area contributed by atoms with Gasteiger partial charge in [-0.1, -0.05) is 12.1 Å². The Morgan fingerprint density at radius 3 is 2.69 bits per heavy atom. The number of phenols is 1. The largest absolute Gasteiger partial charge is 0.508 e. The van der Waals surface area contributed by atoms with E-state index in [2.05, 4.69) is 0 Å². The number of furan rings is 1. The van der Waals surface area contributed by atoms with Crippen LogP contribution in [0.5, 0.6) is 5.75 Å². The third-order valence-electron chi connectivity index (χ3n) is 5.02. The average molecular weight is 391 g/mol. The van der Waals surface area contributed by atoms with Gasteiger partial charge in [-0.3, -0.25) is 9.59 Å². The SMILES string of the molecule is O=C1c2oc3ccc(F)cc3c(=O)c2C(c2cccc(O)c2)N1Cc1ccco1. The molecule has 1 atom stereocenters. The Hall–Kier alpha value is -3.87. The van der Waals surface area contributed by atoms with Gasteiger partial charge in [0.05, 0.1) is 29.8 Å². The minimum absolute atomic E-state index is 0.00225. The van der Waals surface area contributed by atoms with Crippen molar-refractivity contribution in [1.29, 1.82) is 0 Å². The van der Waals surface area contributed by atoms with Gasteiger partial charge in [0.25, 0.3) is 5.91 Å². The molecule has 1 N–H and O–H groups in total. The highest BCUT2D eigenvalue weighted by molar-refractivity contribution is 5.99. The number of nitrogens with zero attached hydrogens (tertiary/aromatic N) is 1. The van der Waals surface area contributed by atoms with Gasteiger partial charge in [0, 0.05) is 0 Å². The fourth-order valence-corrected chi connectivity index (χ4v) is 3.77. The minimum atomic E-state index is -0.807. The van der Waals surface area contributed by atoms with Gasteiger partial charge >= 0.3 is 0 Å². The Labute approximate surface area is 163 Å². The van der Waals surface area contributed by atoms with Crippen molar-refractivity contribution in [3.8, 4) is 5.75 Å². The van der Waals surface area contributed by atoms with Crippen molar-refractivity contribution in [2.45, 2.75) is 12.6 Å². The summed E-state index contributed by atoms with van der Waals surface area (Å²) in [6.45, 7) is 0.0977. The fourth-order valence-electron chi connectivity index (χ4n) is 3.77. The monoisotopic (exact) mass is 391 g/mol. The molecule has 5 rings (SSSR count). The lowest BCUT2D eigenvalue weighted by Crippen LogP contribution is -2.29. The second kappa shape index (κ2) is 6.34. The molecular formula is C22H14FNO5. The lowest BCUT2D eigenvalue weighted by Gasteiger charge is -2.24. The number of carbonyl (C=O) groups excluding carboxylic acids is 1. The molecule has 1 aliphatic rings. The lowest BCUT2D eigenvalue weighted by atomic mass is 9.98. The summed E-state index contributed by atoms with van der Waals surface area (Å²) in [5.74, 6) is -0.616. The van der Waals surface area contributed by atoms with Gasteiger partial charge in [-0.25, -0.2) is 4.39 Å². The molecular weight excluding hydrogens is 377 g/mol. The van der Waals surface area contributed by atoms with E-state index >= 15 is 0 Å². The van der Waals surface area contributed by atoms with Gasteiger partial charge in [-0.15, -0.1) is 0 Å². The van der Waals surface area contributed by atoms with Crippen LogP contribution in [0, 0.1) is 5.82 Å². The molecule has 0 saturated heterocycles. The van der Waals surface area contributed by atoms with Crippen molar-refractivity contribution in [3.05, 3.63) is 99.5 Å². The highest BCUT2D eigenvalue weighted by Crippen LogP contribution is 2.39. The Kier molecular flexibility index (Phi) is 3.77. The second-order valence-corrected chi connectivity index (χ2v) is 6.82. The quantitative estimate of drug-likeness (QED) is 0.571. The van der Waals surface area contributed by atoms with E-state index in [1.54, 1.807) is 24.3 Å². The number of halogens is 1. The van der Waals surface area contributed by atoms with E-state index in [1.807, 2.05) is 0 Å². The number of benzene rings is 2. The second-order valence-electron chi connectivity index (χ2n) is 6.82. The number of phenolic OH excluding ortho intramolecular Hbond substituents is 1. The van der Waals surface area contributed by atoms with Crippen LogP contribution in [0.4, 0.5) is 4.39 Å². The Balaban J connectivity index is 1.77. The predicted octanol–water partition coefficient (Wildman–Crippen LogP) is 3.98. The first-order valence-corrected chi connectivity index (χ1v) is 8.91. The highest BCUT2D eigenvalue weighted by Gasteiger charge is 2.43. The summed E-state index contributed by atoms with van der Waals surface area (Å²) in [4.78, 5) is 27.9. The minimum Gasteiger partial charge on any atom is -0.508 e. The van der Waals surface area contributed by atoms with Crippen molar-refractivity contribution in [1.82, 2.24) is 4.90 Å². The Morgan fingerprint density at radius 1 is 1.07 bits per heavy atom. The first kappa shape index (κ1) is 17.2. The van der Waals surface area contributed by atoms with Crippen LogP contribution in [0.25, 0.3) is 11.0 Å². The van der Waals surface area contributed by atoms with E-state index in [-0.39, 0.29) is 34.6 Å². The summed E-state index contributed by atoms with van der Waals surface area (Å²) in [6.07, 6.45) is 1.49. The third kappa shape index (κ3) is 2.70. The first-order valence-electron chi connectivity index (χ1n) is 8.91. The van der Waals surface area contributed by atoms with E-state index in [4.69, 9.17) is 8.83 Å². The van der Waals surface area contributed by atoms with Crippen LogP contribution in [0.15, 0.2) is 74.5 Å². The van der Waals surface area contributed by atoms with Crippen LogP contribution in [-0.2, 0) is 6.54 Å². The Morgan fingerprint density at radius 2 is 1.93 bits per heavy atom. The van der Waals surface area contributed by atoms with Crippen molar-refractivity contribution < 1.29 is 23.1 Å². The summed E-state index contributed by atoms with van der Waals surface area (Å²) >= 11 is 0.